The largest absolute Gasteiger partial charge is 0.465 e. The van der Waals surface area contributed by atoms with E-state index >= 15 is 0 Å². The summed E-state index contributed by atoms with van der Waals surface area (Å²) in [4.78, 5) is 40.4. The summed E-state index contributed by atoms with van der Waals surface area (Å²) < 4.78 is 12.5. The summed E-state index contributed by atoms with van der Waals surface area (Å²) in [7, 11) is -2.24. The summed E-state index contributed by atoms with van der Waals surface area (Å²) in [6, 6.07) is 17.2. The molecule has 6 nitrogen and oxygen atoms in total. The molecule has 1 saturated heterocycles. The van der Waals surface area contributed by atoms with Gasteiger partial charge in [-0.15, -0.1) is 0 Å². The normalized spacial score (nSPS) is 32.4. The number of esters is 1. The molecule has 7 heteroatoms. The van der Waals surface area contributed by atoms with Gasteiger partial charge in [0, 0.05) is 5.92 Å². The number of fused-ring (bicyclic) bond motifs is 6. The van der Waals surface area contributed by atoms with Crippen molar-refractivity contribution in [2.45, 2.75) is 44.1 Å². The Morgan fingerprint density at radius 3 is 2.38 bits per heavy atom. The Kier molecular flexibility index (Phi) is 4.36. The van der Waals surface area contributed by atoms with Crippen molar-refractivity contribution in [1.29, 1.82) is 0 Å². The van der Waals surface area contributed by atoms with Crippen LogP contribution in [0.2, 0.25) is 19.6 Å². The number of carbonyl (C=O) groups is 3. The summed E-state index contributed by atoms with van der Waals surface area (Å²) >= 11 is 0. The summed E-state index contributed by atoms with van der Waals surface area (Å²) in [5.74, 6) is -2.68. The van der Waals surface area contributed by atoms with Crippen LogP contribution in [0.15, 0.2) is 54.6 Å². The van der Waals surface area contributed by atoms with Crippen LogP contribution in [0.25, 0.3) is 0 Å². The molecule has 1 aliphatic heterocycles. The number of carbonyl (C=O) groups excluding carboxylic acids is 3. The third-order valence-corrected chi connectivity index (χ3v) is 8.07. The van der Waals surface area contributed by atoms with E-state index in [0.29, 0.717) is 12.0 Å². The van der Waals surface area contributed by atoms with Crippen LogP contribution in [-0.2, 0) is 41.1 Å². The highest BCUT2D eigenvalue weighted by Crippen LogP contribution is 2.78. The molecular weight excluding hydrogens is 422 g/mol. The van der Waals surface area contributed by atoms with E-state index in [4.69, 9.17) is 9.16 Å². The van der Waals surface area contributed by atoms with Gasteiger partial charge in [-0.2, -0.15) is 0 Å². The summed E-state index contributed by atoms with van der Waals surface area (Å²) in [5, 5.41) is 3.00. The van der Waals surface area contributed by atoms with Gasteiger partial charge < -0.3 is 14.5 Å². The van der Waals surface area contributed by atoms with Crippen molar-refractivity contribution in [3.8, 4) is 0 Å². The monoisotopic (exact) mass is 449 g/mol. The molecule has 4 atom stereocenters. The van der Waals surface area contributed by atoms with Gasteiger partial charge in [0.1, 0.15) is 11.1 Å². The van der Waals surface area contributed by atoms with Crippen molar-refractivity contribution in [1.82, 2.24) is 5.32 Å². The second-order valence-corrected chi connectivity index (χ2v) is 14.2. The van der Waals surface area contributed by atoms with Gasteiger partial charge in [0.25, 0.3) is 5.91 Å². The summed E-state index contributed by atoms with van der Waals surface area (Å²) in [6.45, 7) is 8.08. The molecule has 0 bridgehead atoms. The smallest absolute Gasteiger partial charge is 0.323 e. The Balaban J connectivity index is 1.90. The number of ketones is 1. The highest BCUT2D eigenvalue weighted by molar-refractivity contribution is 6.70. The first-order valence-corrected chi connectivity index (χ1v) is 14.5. The molecule has 2 aromatic carbocycles. The van der Waals surface area contributed by atoms with Gasteiger partial charge in [0.2, 0.25) is 5.78 Å². The molecule has 1 heterocycles. The minimum absolute atomic E-state index is 0.120. The molecule has 5 rings (SSSR count). The van der Waals surface area contributed by atoms with E-state index in [9.17, 15) is 14.4 Å². The highest BCUT2D eigenvalue weighted by Gasteiger charge is 2.93. The fourth-order valence-corrected chi connectivity index (χ4v) is 7.83. The van der Waals surface area contributed by atoms with E-state index in [1.807, 2.05) is 54.6 Å². The van der Waals surface area contributed by atoms with Crippen LogP contribution in [0.4, 0.5) is 0 Å². The van der Waals surface area contributed by atoms with E-state index in [1.165, 1.54) is 0 Å². The average molecular weight is 450 g/mol. The van der Waals surface area contributed by atoms with Gasteiger partial charge in [-0.3, -0.25) is 14.4 Å². The van der Waals surface area contributed by atoms with Crippen LogP contribution >= 0.6 is 0 Å². The number of hydrogen-bond donors (Lipinski definition) is 1. The molecule has 3 aliphatic rings. The maximum atomic E-state index is 13.7. The van der Waals surface area contributed by atoms with Gasteiger partial charge in [0.05, 0.1) is 6.61 Å². The molecular formula is C25H27NO5Si. The van der Waals surface area contributed by atoms with Gasteiger partial charge in [-0.1, -0.05) is 54.6 Å². The van der Waals surface area contributed by atoms with Crippen LogP contribution < -0.4 is 5.32 Å². The molecule has 0 radical (unpaired) electrons. The molecule has 1 N–H and O–H groups in total. The molecule has 1 amide bonds. The topological polar surface area (TPSA) is 81.7 Å². The van der Waals surface area contributed by atoms with Crippen molar-refractivity contribution < 1.29 is 23.5 Å². The number of rotatable bonds is 5. The highest BCUT2D eigenvalue weighted by atomic mass is 28.4. The lowest BCUT2D eigenvalue weighted by atomic mass is 9.38. The number of Topliss-reactive ketones (excluding diaryl/α,β-unsaturated/α-hetero) is 1. The Hall–Kier alpha value is -2.77. The molecule has 2 aromatic rings. The second kappa shape index (κ2) is 6.62. The number of benzene rings is 2. The number of amides is 1. The quantitative estimate of drug-likeness (QED) is 0.328. The van der Waals surface area contributed by atoms with E-state index in [2.05, 4.69) is 25.0 Å². The fraction of sp³-hybridized carbons (Fsp3) is 0.400. The zero-order chi connectivity index (χ0) is 22.9. The fourth-order valence-electron chi connectivity index (χ4n) is 6.46. The van der Waals surface area contributed by atoms with Crippen molar-refractivity contribution in [3.63, 3.8) is 0 Å². The molecule has 0 spiro atoms. The first kappa shape index (κ1) is 21.1. The third-order valence-electron chi connectivity index (χ3n) is 7.14. The van der Waals surface area contributed by atoms with E-state index in [-0.39, 0.29) is 6.61 Å². The Morgan fingerprint density at radius 1 is 1.06 bits per heavy atom. The third kappa shape index (κ3) is 2.20. The number of ether oxygens (including phenoxy) is 1. The minimum Gasteiger partial charge on any atom is -0.465 e. The predicted octanol–water partition coefficient (Wildman–Crippen LogP) is 3.06. The van der Waals surface area contributed by atoms with E-state index < -0.39 is 48.4 Å². The van der Waals surface area contributed by atoms with Crippen LogP contribution in [0.5, 0.6) is 0 Å². The van der Waals surface area contributed by atoms with Crippen LogP contribution in [-0.4, -0.2) is 32.6 Å². The maximum absolute atomic E-state index is 13.7. The Morgan fingerprint density at radius 2 is 1.72 bits per heavy atom. The van der Waals surface area contributed by atoms with Gasteiger partial charge in [-0.05, 0) is 49.7 Å². The SMILES string of the molecule is CCOC(=O)[C@@]12C(=O)C(=O)N[C@]1(c1ccccc1)[C@@]1(O[Si](C)(C)C)c3ccccc3C[C@@H]21. The lowest BCUT2D eigenvalue weighted by Crippen LogP contribution is -2.83. The van der Waals surface area contributed by atoms with E-state index in [0.717, 1.165) is 11.1 Å². The standard InChI is InChI=1S/C25H27NO5Si/c1-5-30-22(29)23-19-15-16-11-9-10-14-18(16)24(19,31-32(2,3)4)25(23,26-21(28)20(23)27)17-12-7-6-8-13-17/h6-14,19H,5,15H2,1-4H3,(H,26,28)/t19-,23+,24+,25-/m0/s1. The molecule has 166 valence electrons. The van der Waals surface area contributed by atoms with Crippen molar-refractivity contribution in [3.05, 3.63) is 71.3 Å². The van der Waals surface area contributed by atoms with Crippen molar-refractivity contribution in [2.24, 2.45) is 11.3 Å². The minimum atomic E-state index is -2.24. The Bertz CT molecular complexity index is 1140. The van der Waals surface area contributed by atoms with Crippen LogP contribution in [0.1, 0.15) is 23.6 Å². The molecule has 2 fully saturated rings. The molecule has 0 unspecified atom stereocenters. The Labute approximate surface area is 188 Å². The van der Waals surface area contributed by atoms with Gasteiger partial charge >= 0.3 is 5.97 Å². The molecule has 32 heavy (non-hydrogen) atoms. The number of hydrogen-bond acceptors (Lipinski definition) is 5. The van der Waals surface area contributed by atoms with Crippen LogP contribution in [0.3, 0.4) is 0 Å². The maximum Gasteiger partial charge on any atom is 0.323 e. The van der Waals surface area contributed by atoms with Crippen LogP contribution in [0, 0.1) is 11.3 Å². The first-order chi connectivity index (χ1) is 15.2. The zero-order valence-corrected chi connectivity index (χ0v) is 19.7. The van der Waals surface area contributed by atoms with Gasteiger partial charge in [-0.25, -0.2) is 0 Å². The second-order valence-electron chi connectivity index (χ2n) is 9.79. The van der Waals surface area contributed by atoms with E-state index in [1.54, 1.807) is 6.92 Å². The predicted molar refractivity (Wildman–Crippen MR) is 120 cm³/mol. The zero-order valence-electron chi connectivity index (χ0n) is 18.7. The van der Waals surface area contributed by atoms with Crippen molar-refractivity contribution in [2.75, 3.05) is 6.61 Å². The lowest BCUT2D eigenvalue weighted by molar-refractivity contribution is -0.256. The summed E-state index contributed by atoms with van der Waals surface area (Å²) in [5.41, 5.74) is -1.44. The summed E-state index contributed by atoms with van der Waals surface area (Å²) in [6.07, 6.45) is 0.467. The molecule has 2 aliphatic carbocycles. The molecule has 1 saturated carbocycles. The van der Waals surface area contributed by atoms with Gasteiger partial charge in [0.15, 0.2) is 13.7 Å². The molecule has 0 aromatic heterocycles. The average Bonchev–Trinajstić information content (AvgIpc) is 3.15. The first-order valence-electron chi connectivity index (χ1n) is 11.0. The lowest BCUT2D eigenvalue weighted by Gasteiger charge is -2.68. The van der Waals surface area contributed by atoms with Crippen molar-refractivity contribution >= 4 is 26.0 Å². The number of nitrogens with one attached hydrogen (secondary N) is 1.